The monoisotopic (exact) mass is 412 g/mol. The van der Waals surface area contributed by atoms with Gasteiger partial charge >= 0.3 is 5.97 Å². The van der Waals surface area contributed by atoms with E-state index in [9.17, 15) is 19.2 Å². The lowest BCUT2D eigenvalue weighted by Crippen LogP contribution is -2.31. The molecule has 1 N–H and O–H groups in total. The van der Waals surface area contributed by atoms with Crippen LogP contribution in [0.4, 0.5) is 4.79 Å². The van der Waals surface area contributed by atoms with E-state index in [1.165, 1.54) is 12.0 Å². The first kappa shape index (κ1) is 20.6. The van der Waals surface area contributed by atoms with Crippen LogP contribution >= 0.6 is 11.8 Å². The highest BCUT2D eigenvalue weighted by Crippen LogP contribution is 2.22. The van der Waals surface area contributed by atoms with Crippen molar-refractivity contribution in [3.05, 3.63) is 71.3 Å². The molecule has 0 aliphatic carbocycles. The molecule has 0 aromatic heterocycles. The molecule has 0 spiro atoms. The zero-order valence-electron chi connectivity index (χ0n) is 15.8. The number of carbonyl (C=O) groups excluding carboxylic acids is 4. The summed E-state index contributed by atoms with van der Waals surface area (Å²) in [6, 6.07) is 15.3. The largest absolute Gasteiger partial charge is 0.469 e. The number of ether oxygens (including phenoxy) is 1. The zero-order valence-corrected chi connectivity index (χ0v) is 16.6. The van der Waals surface area contributed by atoms with Gasteiger partial charge in [0.05, 0.1) is 31.9 Å². The number of nitrogens with zero attached hydrogens (tertiary/aromatic N) is 1. The minimum atomic E-state index is -0.544. The van der Waals surface area contributed by atoms with Gasteiger partial charge in [0.2, 0.25) is 5.91 Å². The normalized spacial score (nSPS) is 14.6. The Hall–Kier alpha value is -3.13. The number of hydrogen-bond donors (Lipinski definition) is 1. The van der Waals surface area contributed by atoms with Crippen molar-refractivity contribution in [1.82, 2.24) is 10.2 Å². The molecule has 1 heterocycles. The second kappa shape index (κ2) is 9.38. The van der Waals surface area contributed by atoms with Crippen LogP contribution in [0.3, 0.4) is 0 Å². The number of carbonyl (C=O) groups is 4. The SMILES string of the molecule is COC(=O)C[C@@H](NC(=O)c1cccc(CN2C(=O)CSC2=O)c1)c1ccccc1. The summed E-state index contributed by atoms with van der Waals surface area (Å²) in [4.78, 5) is 49.3. The molecule has 0 saturated carbocycles. The molecule has 7 nitrogen and oxygen atoms in total. The fourth-order valence-electron chi connectivity index (χ4n) is 2.96. The Morgan fingerprint density at radius 2 is 1.90 bits per heavy atom. The number of imide groups is 1. The van der Waals surface area contributed by atoms with Gasteiger partial charge in [-0.3, -0.25) is 24.1 Å². The topological polar surface area (TPSA) is 92.8 Å². The van der Waals surface area contributed by atoms with E-state index in [1.807, 2.05) is 30.3 Å². The predicted molar refractivity (Wildman–Crippen MR) is 108 cm³/mol. The van der Waals surface area contributed by atoms with Crippen molar-refractivity contribution in [2.45, 2.75) is 19.0 Å². The smallest absolute Gasteiger partial charge is 0.307 e. The van der Waals surface area contributed by atoms with E-state index in [4.69, 9.17) is 4.74 Å². The van der Waals surface area contributed by atoms with Crippen molar-refractivity contribution < 1.29 is 23.9 Å². The molecule has 2 aromatic rings. The molecular weight excluding hydrogens is 392 g/mol. The van der Waals surface area contributed by atoms with Crippen LogP contribution in [0, 0.1) is 0 Å². The number of benzene rings is 2. The van der Waals surface area contributed by atoms with E-state index in [2.05, 4.69) is 5.32 Å². The Kier molecular flexibility index (Phi) is 6.66. The number of hydrogen-bond acceptors (Lipinski definition) is 6. The van der Waals surface area contributed by atoms with Crippen molar-refractivity contribution in [3.63, 3.8) is 0 Å². The van der Waals surface area contributed by atoms with E-state index < -0.39 is 12.0 Å². The van der Waals surface area contributed by atoms with Crippen LogP contribution in [0.5, 0.6) is 0 Å². The Morgan fingerprint density at radius 1 is 1.14 bits per heavy atom. The Morgan fingerprint density at radius 3 is 2.55 bits per heavy atom. The van der Waals surface area contributed by atoms with Crippen LogP contribution in [0.2, 0.25) is 0 Å². The van der Waals surface area contributed by atoms with Crippen LogP contribution in [-0.2, 0) is 20.9 Å². The molecule has 2 aromatic carbocycles. The van der Waals surface area contributed by atoms with E-state index in [0.717, 1.165) is 17.3 Å². The molecule has 1 fully saturated rings. The molecule has 0 bridgehead atoms. The lowest BCUT2D eigenvalue weighted by molar-refractivity contribution is -0.141. The highest BCUT2D eigenvalue weighted by Gasteiger charge is 2.30. The van der Waals surface area contributed by atoms with Gasteiger partial charge < -0.3 is 10.1 Å². The standard InChI is InChI=1S/C21H20N2O5S/c1-28-19(25)11-17(15-7-3-2-4-8-15)22-20(26)16-9-5-6-14(10-16)12-23-18(24)13-29-21(23)27/h2-10,17H,11-13H2,1H3,(H,22,26)/t17-/m1/s1. The summed E-state index contributed by atoms with van der Waals surface area (Å²) >= 11 is 0.971. The van der Waals surface area contributed by atoms with E-state index >= 15 is 0 Å². The summed E-state index contributed by atoms with van der Waals surface area (Å²) in [5, 5.41) is 2.58. The number of amides is 3. The molecule has 0 radical (unpaired) electrons. The van der Waals surface area contributed by atoms with Crippen molar-refractivity contribution in [3.8, 4) is 0 Å². The van der Waals surface area contributed by atoms with E-state index in [-0.39, 0.29) is 35.8 Å². The molecular formula is C21H20N2O5S. The van der Waals surface area contributed by atoms with Crippen molar-refractivity contribution >= 4 is 34.8 Å². The van der Waals surface area contributed by atoms with Gasteiger partial charge in [0.15, 0.2) is 0 Å². The fraction of sp³-hybridized carbons (Fsp3) is 0.238. The molecule has 8 heteroatoms. The third-order valence-corrected chi connectivity index (χ3v) is 5.33. The van der Waals surface area contributed by atoms with Gasteiger partial charge in [0.1, 0.15) is 0 Å². The molecule has 1 saturated heterocycles. The number of methoxy groups -OCH3 is 1. The Labute approximate surface area is 172 Å². The maximum Gasteiger partial charge on any atom is 0.307 e. The average molecular weight is 412 g/mol. The maximum absolute atomic E-state index is 12.8. The molecule has 29 heavy (non-hydrogen) atoms. The van der Waals surface area contributed by atoms with Gasteiger partial charge in [-0.15, -0.1) is 0 Å². The van der Waals surface area contributed by atoms with Crippen LogP contribution in [-0.4, -0.2) is 40.8 Å². The van der Waals surface area contributed by atoms with Gasteiger partial charge in [-0.25, -0.2) is 0 Å². The second-order valence-electron chi connectivity index (χ2n) is 6.45. The minimum Gasteiger partial charge on any atom is -0.469 e. The Balaban J connectivity index is 1.75. The lowest BCUT2D eigenvalue weighted by Gasteiger charge is -2.19. The van der Waals surface area contributed by atoms with Gasteiger partial charge in [0.25, 0.3) is 11.1 Å². The lowest BCUT2D eigenvalue weighted by atomic mass is 10.0. The molecule has 3 rings (SSSR count). The van der Waals surface area contributed by atoms with E-state index in [1.54, 1.807) is 24.3 Å². The van der Waals surface area contributed by atoms with Crippen molar-refractivity contribution in [2.75, 3.05) is 12.9 Å². The average Bonchev–Trinajstić information content (AvgIpc) is 3.06. The molecule has 0 unspecified atom stereocenters. The Bertz CT molecular complexity index is 916. The number of nitrogens with one attached hydrogen (secondary N) is 1. The third-order valence-electron chi connectivity index (χ3n) is 4.48. The summed E-state index contributed by atoms with van der Waals surface area (Å²) in [6.07, 6.45) is -0.0000510. The number of thioether (sulfide) groups is 1. The van der Waals surface area contributed by atoms with Crippen LogP contribution < -0.4 is 5.32 Å². The van der Waals surface area contributed by atoms with Gasteiger partial charge in [-0.05, 0) is 23.3 Å². The summed E-state index contributed by atoms with van der Waals surface area (Å²) in [5.41, 5.74) is 1.83. The first-order valence-electron chi connectivity index (χ1n) is 8.96. The number of esters is 1. The molecule has 1 aliphatic rings. The van der Waals surface area contributed by atoms with Gasteiger partial charge in [-0.1, -0.05) is 54.2 Å². The summed E-state index contributed by atoms with van der Waals surface area (Å²) in [5.74, 6) is -0.891. The van der Waals surface area contributed by atoms with E-state index in [0.29, 0.717) is 11.1 Å². The summed E-state index contributed by atoms with van der Waals surface area (Å²) in [6.45, 7) is 0.121. The summed E-state index contributed by atoms with van der Waals surface area (Å²) < 4.78 is 4.74. The highest BCUT2D eigenvalue weighted by molar-refractivity contribution is 8.14. The zero-order chi connectivity index (χ0) is 20.8. The molecule has 1 atom stereocenters. The van der Waals surface area contributed by atoms with Crippen molar-refractivity contribution in [2.24, 2.45) is 0 Å². The second-order valence-corrected chi connectivity index (χ2v) is 7.38. The number of rotatable bonds is 7. The summed E-state index contributed by atoms with van der Waals surface area (Å²) in [7, 11) is 1.30. The van der Waals surface area contributed by atoms with Gasteiger partial charge in [-0.2, -0.15) is 0 Å². The first-order valence-corrected chi connectivity index (χ1v) is 9.95. The van der Waals surface area contributed by atoms with Crippen LogP contribution in [0.25, 0.3) is 0 Å². The quantitative estimate of drug-likeness (QED) is 0.703. The molecule has 150 valence electrons. The predicted octanol–water partition coefficient (Wildman–Crippen LogP) is 2.92. The maximum atomic E-state index is 12.8. The van der Waals surface area contributed by atoms with Crippen LogP contribution in [0.15, 0.2) is 54.6 Å². The highest BCUT2D eigenvalue weighted by atomic mass is 32.2. The van der Waals surface area contributed by atoms with Crippen molar-refractivity contribution in [1.29, 1.82) is 0 Å². The third kappa shape index (κ3) is 5.23. The van der Waals surface area contributed by atoms with Gasteiger partial charge in [0, 0.05) is 5.56 Å². The fourth-order valence-corrected chi connectivity index (χ4v) is 3.68. The molecule has 1 aliphatic heterocycles. The van der Waals surface area contributed by atoms with Crippen LogP contribution in [0.1, 0.15) is 33.9 Å². The minimum absolute atomic E-state index is 0.0000510. The molecule has 3 amide bonds. The first-order chi connectivity index (χ1) is 14.0.